The van der Waals surface area contributed by atoms with E-state index in [1.807, 2.05) is 0 Å². The molecule has 1 amide bonds. The van der Waals surface area contributed by atoms with Crippen molar-refractivity contribution >= 4 is 11.6 Å². The first kappa shape index (κ1) is 14.0. The van der Waals surface area contributed by atoms with Crippen LogP contribution in [0.15, 0.2) is 24.3 Å². The molecular formula is C16H20N2O3. The zero-order valence-electron chi connectivity index (χ0n) is 12.2. The smallest absolute Gasteiger partial charge is 0.274 e. The number of fused-ring (bicyclic) bond motifs is 2. The monoisotopic (exact) mass is 288 g/mol. The summed E-state index contributed by atoms with van der Waals surface area (Å²) in [6, 6.07) is 6.64. The average Bonchev–Trinajstić information content (AvgIpc) is 3.09. The van der Waals surface area contributed by atoms with Crippen LogP contribution in [0.2, 0.25) is 0 Å². The van der Waals surface area contributed by atoms with Gasteiger partial charge in [0.15, 0.2) is 0 Å². The Morgan fingerprint density at radius 1 is 1.33 bits per heavy atom. The molecule has 0 heterocycles. The summed E-state index contributed by atoms with van der Waals surface area (Å²) < 4.78 is 0. The van der Waals surface area contributed by atoms with E-state index in [9.17, 15) is 14.9 Å². The molecule has 2 aliphatic rings. The minimum absolute atomic E-state index is 0.0880. The molecule has 5 heteroatoms. The van der Waals surface area contributed by atoms with Gasteiger partial charge in [-0.3, -0.25) is 14.9 Å². The van der Waals surface area contributed by atoms with E-state index in [4.69, 9.17) is 0 Å². The largest absolute Gasteiger partial charge is 0.341 e. The van der Waals surface area contributed by atoms with Gasteiger partial charge in [0.1, 0.15) is 0 Å². The number of nitro benzene ring substituents is 1. The summed E-state index contributed by atoms with van der Waals surface area (Å²) in [6.07, 6.45) is 4.63. The Bertz CT molecular complexity index is 572. The Labute approximate surface area is 124 Å². The Morgan fingerprint density at radius 3 is 2.71 bits per heavy atom. The van der Waals surface area contributed by atoms with Crippen LogP contribution in [-0.2, 0) is 11.3 Å². The molecule has 3 atom stereocenters. The molecule has 0 unspecified atom stereocenters. The third kappa shape index (κ3) is 2.64. The maximum atomic E-state index is 12.6. The van der Waals surface area contributed by atoms with Gasteiger partial charge in [0.25, 0.3) is 5.69 Å². The number of carbonyl (C=O) groups is 1. The van der Waals surface area contributed by atoms with Crippen molar-refractivity contribution in [3.05, 3.63) is 39.9 Å². The first-order valence-corrected chi connectivity index (χ1v) is 7.53. The average molecular weight is 288 g/mol. The number of para-hydroxylation sites is 1. The molecular weight excluding hydrogens is 268 g/mol. The first-order chi connectivity index (χ1) is 10.1. The SMILES string of the molecule is CN(Cc1ccccc1[N+](=O)[O-])C(=O)[C@@H]1C[C@H]2CC[C@H]1C2. The summed E-state index contributed by atoms with van der Waals surface area (Å²) in [4.78, 5) is 24.9. The fraction of sp³-hybridized carbons (Fsp3) is 0.562. The highest BCUT2D eigenvalue weighted by molar-refractivity contribution is 5.79. The highest BCUT2D eigenvalue weighted by Crippen LogP contribution is 2.48. The molecule has 0 aliphatic heterocycles. The number of amides is 1. The van der Waals surface area contributed by atoms with E-state index in [1.54, 1.807) is 30.1 Å². The quantitative estimate of drug-likeness (QED) is 0.632. The van der Waals surface area contributed by atoms with Crippen molar-refractivity contribution in [2.75, 3.05) is 7.05 Å². The molecule has 5 nitrogen and oxygen atoms in total. The number of benzene rings is 1. The fourth-order valence-corrected chi connectivity index (χ4v) is 3.99. The molecule has 1 aromatic carbocycles. The van der Waals surface area contributed by atoms with Crippen LogP contribution in [0.5, 0.6) is 0 Å². The van der Waals surface area contributed by atoms with E-state index < -0.39 is 0 Å². The Morgan fingerprint density at radius 2 is 2.10 bits per heavy atom. The van der Waals surface area contributed by atoms with E-state index in [0.29, 0.717) is 18.0 Å². The number of hydrogen-bond donors (Lipinski definition) is 0. The van der Waals surface area contributed by atoms with Gasteiger partial charge < -0.3 is 4.90 Å². The van der Waals surface area contributed by atoms with Crippen LogP contribution < -0.4 is 0 Å². The van der Waals surface area contributed by atoms with Gasteiger partial charge in [-0.05, 0) is 31.1 Å². The summed E-state index contributed by atoms with van der Waals surface area (Å²) in [6.45, 7) is 0.309. The molecule has 21 heavy (non-hydrogen) atoms. The lowest BCUT2D eigenvalue weighted by Gasteiger charge is -2.26. The molecule has 0 radical (unpaired) electrons. The molecule has 2 bridgehead atoms. The summed E-state index contributed by atoms with van der Waals surface area (Å²) in [5.41, 5.74) is 0.687. The summed E-state index contributed by atoms with van der Waals surface area (Å²) in [5, 5.41) is 11.0. The van der Waals surface area contributed by atoms with E-state index in [1.165, 1.54) is 25.3 Å². The van der Waals surface area contributed by atoms with Crippen LogP contribution >= 0.6 is 0 Å². The Balaban J connectivity index is 1.70. The van der Waals surface area contributed by atoms with Crippen molar-refractivity contribution < 1.29 is 9.72 Å². The van der Waals surface area contributed by atoms with Gasteiger partial charge in [-0.25, -0.2) is 0 Å². The fourth-order valence-electron chi connectivity index (χ4n) is 3.99. The van der Waals surface area contributed by atoms with Crippen LogP contribution in [0, 0.1) is 27.9 Å². The molecule has 0 aromatic heterocycles. The molecule has 3 rings (SSSR count). The minimum atomic E-state index is -0.384. The Kier molecular flexibility index (Phi) is 3.66. The van der Waals surface area contributed by atoms with E-state index in [0.717, 1.165) is 12.3 Å². The van der Waals surface area contributed by atoms with Crippen LogP contribution in [0.4, 0.5) is 5.69 Å². The van der Waals surface area contributed by atoms with Gasteiger partial charge in [0.2, 0.25) is 5.91 Å². The van der Waals surface area contributed by atoms with E-state index in [-0.39, 0.29) is 22.4 Å². The molecule has 0 spiro atoms. The van der Waals surface area contributed by atoms with Crippen molar-refractivity contribution in [1.29, 1.82) is 0 Å². The van der Waals surface area contributed by atoms with Crippen LogP contribution in [-0.4, -0.2) is 22.8 Å². The molecule has 2 saturated carbocycles. The predicted molar refractivity (Wildman–Crippen MR) is 78.5 cm³/mol. The van der Waals surface area contributed by atoms with Crippen LogP contribution in [0.25, 0.3) is 0 Å². The minimum Gasteiger partial charge on any atom is -0.341 e. The van der Waals surface area contributed by atoms with Crippen molar-refractivity contribution in [2.45, 2.75) is 32.2 Å². The molecule has 0 saturated heterocycles. The highest BCUT2D eigenvalue weighted by atomic mass is 16.6. The van der Waals surface area contributed by atoms with Gasteiger partial charge in [-0.15, -0.1) is 0 Å². The normalized spacial score (nSPS) is 26.8. The molecule has 2 aliphatic carbocycles. The molecule has 2 fully saturated rings. The zero-order chi connectivity index (χ0) is 15.0. The lowest BCUT2D eigenvalue weighted by molar-refractivity contribution is -0.385. The van der Waals surface area contributed by atoms with Gasteiger partial charge >= 0.3 is 0 Å². The predicted octanol–water partition coefficient (Wildman–Crippen LogP) is 2.99. The number of hydrogen-bond acceptors (Lipinski definition) is 3. The zero-order valence-corrected chi connectivity index (χ0v) is 12.2. The maximum Gasteiger partial charge on any atom is 0.274 e. The van der Waals surface area contributed by atoms with E-state index >= 15 is 0 Å². The summed E-state index contributed by atoms with van der Waals surface area (Å²) in [7, 11) is 1.76. The summed E-state index contributed by atoms with van der Waals surface area (Å²) >= 11 is 0. The number of nitrogens with zero attached hydrogens (tertiary/aromatic N) is 2. The summed E-state index contributed by atoms with van der Waals surface area (Å²) in [5.74, 6) is 1.55. The topological polar surface area (TPSA) is 63.4 Å². The third-order valence-electron chi connectivity index (χ3n) is 5.03. The van der Waals surface area contributed by atoms with Crippen molar-refractivity contribution in [1.82, 2.24) is 4.90 Å². The van der Waals surface area contributed by atoms with Crippen molar-refractivity contribution in [3.63, 3.8) is 0 Å². The lowest BCUT2D eigenvalue weighted by Crippen LogP contribution is -2.35. The van der Waals surface area contributed by atoms with Crippen LogP contribution in [0.3, 0.4) is 0 Å². The molecule has 1 aromatic rings. The molecule has 0 N–H and O–H groups in total. The van der Waals surface area contributed by atoms with Gasteiger partial charge in [0, 0.05) is 24.6 Å². The standard InChI is InChI=1S/C16H20N2O3/c1-17(10-13-4-2-3-5-15(13)18(20)21)16(19)14-9-11-6-7-12(14)8-11/h2-5,11-12,14H,6-10H2,1H3/t11-,12-,14+/m0/s1. The molecule has 112 valence electrons. The Hall–Kier alpha value is -1.91. The maximum absolute atomic E-state index is 12.6. The number of carbonyl (C=O) groups excluding carboxylic acids is 1. The first-order valence-electron chi connectivity index (χ1n) is 7.53. The number of rotatable bonds is 4. The third-order valence-corrected chi connectivity index (χ3v) is 5.03. The second kappa shape index (κ2) is 5.47. The second-order valence-electron chi connectivity index (χ2n) is 6.36. The van der Waals surface area contributed by atoms with Gasteiger partial charge in [-0.2, -0.15) is 0 Å². The van der Waals surface area contributed by atoms with E-state index in [2.05, 4.69) is 0 Å². The second-order valence-corrected chi connectivity index (χ2v) is 6.36. The van der Waals surface area contributed by atoms with Crippen molar-refractivity contribution in [3.8, 4) is 0 Å². The van der Waals surface area contributed by atoms with Gasteiger partial charge in [0.05, 0.1) is 11.5 Å². The van der Waals surface area contributed by atoms with Crippen LogP contribution in [0.1, 0.15) is 31.2 Å². The van der Waals surface area contributed by atoms with Gasteiger partial charge in [-0.1, -0.05) is 24.6 Å². The number of nitro groups is 1. The van der Waals surface area contributed by atoms with Crippen molar-refractivity contribution in [2.24, 2.45) is 17.8 Å². The highest BCUT2D eigenvalue weighted by Gasteiger charge is 2.43. The lowest BCUT2D eigenvalue weighted by atomic mass is 9.88.